The predicted molar refractivity (Wildman–Crippen MR) is 100.0 cm³/mol. The van der Waals surface area contributed by atoms with E-state index in [2.05, 4.69) is 25.5 Å². The number of anilines is 1. The minimum atomic E-state index is -0.534. The molecule has 0 radical (unpaired) electrons. The van der Waals surface area contributed by atoms with Gasteiger partial charge in [0.15, 0.2) is 11.6 Å². The topological polar surface area (TPSA) is 83.6 Å². The molecule has 0 saturated carbocycles. The van der Waals surface area contributed by atoms with Crippen molar-refractivity contribution in [3.05, 3.63) is 52.4 Å². The molecule has 3 aromatic rings. The van der Waals surface area contributed by atoms with Gasteiger partial charge >= 0.3 is 0 Å². The molecule has 1 unspecified atom stereocenters. The van der Waals surface area contributed by atoms with Gasteiger partial charge in [0.05, 0.1) is 20.9 Å². The van der Waals surface area contributed by atoms with Gasteiger partial charge in [-0.15, -0.1) is 5.10 Å². The van der Waals surface area contributed by atoms with Crippen molar-refractivity contribution in [1.82, 2.24) is 20.2 Å². The maximum atomic E-state index is 13.8. The summed E-state index contributed by atoms with van der Waals surface area (Å²) >= 11 is 12.9. The first-order valence-corrected chi connectivity index (χ1v) is 9.03. The number of thioether (sulfide) groups is 1. The number of carbonyl (C=O) groups excluding carboxylic acids is 1. The molecule has 0 fully saturated rings. The zero-order valence-corrected chi connectivity index (χ0v) is 15.7. The molecule has 0 aliphatic rings. The van der Waals surface area contributed by atoms with Gasteiger partial charge in [-0.2, -0.15) is 0 Å². The Balaban J connectivity index is 1.67. The minimum Gasteiger partial charge on any atom is -0.308 e. The fourth-order valence-corrected chi connectivity index (χ4v) is 3.16. The summed E-state index contributed by atoms with van der Waals surface area (Å²) in [4.78, 5) is 20.5. The van der Waals surface area contributed by atoms with E-state index in [1.54, 1.807) is 25.1 Å². The van der Waals surface area contributed by atoms with E-state index in [0.717, 1.165) is 11.8 Å². The number of H-pyrrole nitrogens is 1. The van der Waals surface area contributed by atoms with Crippen LogP contribution >= 0.6 is 35.0 Å². The highest BCUT2D eigenvalue weighted by Gasteiger charge is 2.19. The Labute approximate surface area is 162 Å². The van der Waals surface area contributed by atoms with Crippen LogP contribution in [0.4, 0.5) is 10.2 Å². The Kier molecular flexibility index (Phi) is 5.75. The van der Waals surface area contributed by atoms with Crippen LogP contribution in [0.15, 0.2) is 41.7 Å². The lowest BCUT2D eigenvalue weighted by Crippen LogP contribution is -2.23. The van der Waals surface area contributed by atoms with E-state index < -0.39 is 11.1 Å². The highest BCUT2D eigenvalue weighted by molar-refractivity contribution is 8.00. The number of aromatic amines is 1. The summed E-state index contributed by atoms with van der Waals surface area (Å²) in [5.41, 5.74) is 0.307. The number of aromatic nitrogens is 4. The fraction of sp³-hybridized carbons (Fsp3) is 0.125. The number of nitrogens with zero attached hydrogens (tertiary/aromatic N) is 3. The van der Waals surface area contributed by atoms with Gasteiger partial charge in [-0.1, -0.05) is 47.1 Å². The van der Waals surface area contributed by atoms with E-state index in [0.29, 0.717) is 21.6 Å². The number of halogens is 3. The maximum absolute atomic E-state index is 13.8. The van der Waals surface area contributed by atoms with Gasteiger partial charge < -0.3 is 5.32 Å². The summed E-state index contributed by atoms with van der Waals surface area (Å²) in [5.74, 6) is -0.227. The smallest absolute Gasteiger partial charge is 0.238 e. The summed E-state index contributed by atoms with van der Waals surface area (Å²) in [6.07, 6.45) is 1.39. The molecular formula is C16H12Cl2FN5OS. The minimum absolute atomic E-state index is 0.218. The maximum Gasteiger partial charge on any atom is 0.238 e. The Morgan fingerprint density at radius 2 is 2.12 bits per heavy atom. The second-order valence-corrected chi connectivity index (χ2v) is 7.33. The first-order valence-electron chi connectivity index (χ1n) is 7.40. The molecule has 3 rings (SSSR count). The molecule has 134 valence electrons. The molecule has 0 aliphatic carbocycles. The van der Waals surface area contributed by atoms with E-state index in [1.165, 1.54) is 18.3 Å². The number of rotatable bonds is 5. The first-order chi connectivity index (χ1) is 12.4. The first kappa shape index (κ1) is 18.6. The lowest BCUT2D eigenvalue weighted by Gasteiger charge is -2.10. The van der Waals surface area contributed by atoms with Crippen molar-refractivity contribution in [2.75, 3.05) is 5.32 Å². The van der Waals surface area contributed by atoms with Crippen LogP contribution in [0.2, 0.25) is 10.0 Å². The van der Waals surface area contributed by atoms with Gasteiger partial charge in [-0.3, -0.25) is 9.89 Å². The molecular weight excluding hydrogens is 400 g/mol. The summed E-state index contributed by atoms with van der Waals surface area (Å²) in [7, 11) is 0. The van der Waals surface area contributed by atoms with Crippen molar-refractivity contribution in [1.29, 1.82) is 0 Å². The molecule has 1 amide bonds. The van der Waals surface area contributed by atoms with E-state index in [1.807, 2.05) is 0 Å². The molecule has 6 nitrogen and oxygen atoms in total. The monoisotopic (exact) mass is 411 g/mol. The summed E-state index contributed by atoms with van der Waals surface area (Å²) in [5, 5.41) is 9.70. The molecule has 1 atom stereocenters. The lowest BCUT2D eigenvalue weighted by molar-refractivity contribution is -0.115. The highest BCUT2D eigenvalue weighted by Crippen LogP contribution is 2.26. The quantitative estimate of drug-likeness (QED) is 0.606. The average Bonchev–Trinajstić information content (AvgIpc) is 3.06. The largest absolute Gasteiger partial charge is 0.308 e. The van der Waals surface area contributed by atoms with Crippen LogP contribution in [0.1, 0.15) is 6.92 Å². The van der Waals surface area contributed by atoms with Crippen molar-refractivity contribution in [3.8, 4) is 11.4 Å². The zero-order valence-electron chi connectivity index (χ0n) is 13.3. The van der Waals surface area contributed by atoms with Gasteiger partial charge in [0.2, 0.25) is 11.1 Å². The van der Waals surface area contributed by atoms with Gasteiger partial charge in [-0.05, 0) is 25.1 Å². The lowest BCUT2D eigenvalue weighted by atomic mass is 10.2. The zero-order chi connectivity index (χ0) is 18.7. The third-order valence-electron chi connectivity index (χ3n) is 3.29. The van der Waals surface area contributed by atoms with Crippen LogP contribution < -0.4 is 5.32 Å². The van der Waals surface area contributed by atoms with Crippen LogP contribution in [0.25, 0.3) is 11.4 Å². The third-order valence-corrected chi connectivity index (χ3v) is 4.75. The van der Waals surface area contributed by atoms with Crippen LogP contribution in [0.3, 0.4) is 0 Å². The summed E-state index contributed by atoms with van der Waals surface area (Å²) in [6.45, 7) is 1.68. The number of hydrogen-bond donors (Lipinski definition) is 2. The van der Waals surface area contributed by atoms with E-state index in [4.69, 9.17) is 23.2 Å². The normalized spacial score (nSPS) is 12.0. The van der Waals surface area contributed by atoms with E-state index in [-0.39, 0.29) is 16.7 Å². The predicted octanol–water partition coefficient (Wildman–Crippen LogP) is 4.43. The highest BCUT2D eigenvalue weighted by atomic mass is 35.5. The standard InChI is InChI=1S/C16H12Cl2FN5OS/c1-8(15(25)21-14-11(18)6-9(17)7-20-14)26-16-22-13(23-24-16)10-4-2-3-5-12(10)19/h2-8H,1H3,(H,20,21,25)(H,22,23,24). The second-order valence-electron chi connectivity index (χ2n) is 5.18. The fourth-order valence-electron chi connectivity index (χ4n) is 2.01. The number of amides is 1. The van der Waals surface area contributed by atoms with Crippen LogP contribution in [0, 0.1) is 5.82 Å². The number of hydrogen-bond acceptors (Lipinski definition) is 5. The molecule has 0 spiro atoms. The van der Waals surface area contributed by atoms with Gasteiger partial charge in [0.25, 0.3) is 0 Å². The van der Waals surface area contributed by atoms with Gasteiger partial charge in [-0.25, -0.2) is 14.4 Å². The van der Waals surface area contributed by atoms with E-state index in [9.17, 15) is 9.18 Å². The average molecular weight is 412 g/mol. The summed E-state index contributed by atoms with van der Waals surface area (Å²) in [6, 6.07) is 7.71. The molecule has 26 heavy (non-hydrogen) atoms. The molecule has 0 aliphatic heterocycles. The van der Waals surface area contributed by atoms with Crippen LogP contribution in [-0.4, -0.2) is 31.3 Å². The Bertz CT molecular complexity index is 952. The van der Waals surface area contributed by atoms with Crippen molar-refractivity contribution < 1.29 is 9.18 Å². The number of carbonyl (C=O) groups is 1. The molecule has 2 heterocycles. The van der Waals surface area contributed by atoms with Crippen molar-refractivity contribution in [3.63, 3.8) is 0 Å². The Morgan fingerprint density at radius 1 is 1.35 bits per heavy atom. The second kappa shape index (κ2) is 8.03. The number of nitrogens with one attached hydrogen (secondary N) is 2. The van der Waals surface area contributed by atoms with Crippen LogP contribution in [0.5, 0.6) is 0 Å². The number of pyridine rings is 1. The molecule has 0 saturated heterocycles. The SMILES string of the molecule is CC(Sc1n[nH]c(-c2ccccc2F)n1)C(=O)Nc1ncc(Cl)cc1Cl. The summed E-state index contributed by atoms with van der Waals surface area (Å²) < 4.78 is 13.8. The van der Waals surface area contributed by atoms with Crippen molar-refractivity contribution in [2.45, 2.75) is 17.3 Å². The molecule has 10 heteroatoms. The van der Waals surface area contributed by atoms with Gasteiger partial charge in [0, 0.05) is 6.20 Å². The molecule has 2 aromatic heterocycles. The molecule has 0 bridgehead atoms. The Morgan fingerprint density at radius 3 is 2.85 bits per heavy atom. The van der Waals surface area contributed by atoms with E-state index >= 15 is 0 Å². The van der Waals surface area contributed by atoms with Crippen molar-refractivity contribution in [2.24, 2.45) is 0 Å². The Hall–Kier alpha value is -2.16. The van der Waals surface area contributed by atoms with Crippen molar-refractivity contribution >= 4 is 46.7 Å². The molecule has 1 aromatic carbocycles. The third kappa shape index (κ3) is 4.32. The number of benzene rings is 1. The van der Waals surface area contributed by atoms with Gasteiger partial charge in [0.1, 0.15) is 5.82 Å². The molecule has 2 N–H and O–H groups in total. The van der Waals surface area contributed by atoms with Crippen LogP contribution in [-0.2, 0) is 4.79 Å².